The first-order valence-corrected chi connectivity index (χ1v) is 17.4. The van der Waals surface area contributed by atoms with Crippen LogP contribution in [0, 0.1) is 33.5 Å². The Balaban J connectivity index is 1.37. The lowest BCUT2D eigenvalue weighted by Crippen LogP contribution is -2.61. The second-order valence-corrected chi connectivity index (χ2v) is 17.0. The maximum Gasteiger partial charge on any atom is 0.293 e. The van der Waals surface area contributed by atoms with Gasteiger partial charge < -0.3 is 39.7 Å². The van der Waals surface area contributed by atoms with Crippen LogP contribution in [0.3, 0.4) is 0 Å². The monoisotopic (exact) mass is 636 g/mol. The molecule has 45 heavy (non-hydrogen) atoms. The largest absolute Gasteiger partial charge is 0.464 e. The molecule has 0 bridgehead atoms. The molecule has 5 aliphatic rings. The highest BCUT2D eigenvalue weighted by atomic mass is 16.7. The van der Waals surface area contributed by atoms with Crippen LogP contribution in [0.1, 0.15) is 119 Å². The van der Waals surface area contributed by atoms with E-state index >= 15 is 0 Å². The fraction of sp³-hybridized carbons (Fsp3) is 0.917. The fourth-order valence-electron chi connectivity index (χ4n) is 11.1. The second kappa shape index (κ2) is 12.4. The molecular weight excluding hydrogens is 576 g/mol. The topological polar surface area (TPSA) is 146 Å². The van der Waals surface area contributed by atoms with Crippen LogP contribution >= 0.6 is 0 Å². The van der Waals surface area contributed by atoms with Crippen molar-refractivity contribution < 1.29 is 44.5 Å². The first-order valence-electron chi connectivity index (χ1n) is 17.4. The fourth-order valence-corrected chi connectivity index (χ4v) is 11.1. The summed E-state index contributed by atoms with van der Waals surface area (Å²) in [5.41, 5.74) is 2.35. The molecule has 1 aliphatic heterocycles. The molecule has 9 heteroatoms. The third-order valence-electron chi connectivity index (χ3n) is 13.9. The molecule has 12 atom stereocenters. The van der Waals surface area contributed by atoms with Gasteiger partial charge in [-0.25, -0.2) is 0 Å². The third kappa shape index (κ3) is 5.84. The van der Waals surface area contributed by atoms with Gasteiger partial charge in [0.05, 0.1) is 18.3 Å². The van der Waals surface area contributed by atoms with Gasteiger partial charge >= 0.3 is 0 Å². The van der Waals surface area contributed by atoms with Crippen LogP contribution in [-0.4, -0.2) is 87.1 Å². The number of allylic oxidation sites excluding steroid dienone is 2. The van der Waals surface area contributed by atoms with Crippen LogP contribution in [0.25, 0.3) is 0 Å². The summed E-state index contributed by atoms with van der Waals surface area (Å²) < 4.78 is 18.0. The number of carbonyl (C=O) groups excluding carboxylic acids is 1. The van der Waals surface area contributed by atoms with E-state index < -0.39 is 42.9 Å². The van der Waals surface area contributed by atoms with Gasteiger partial charge in [-0.05, 0) is 112 Å². The minimum atomic E-state index is -1.45. The van der Waals surface area contributed by atoms with E-state index in [1.807, 2.05) is 13.8 Å². The Hall–Kier alpha value is -1.07. The number of aliphatic hydroxyl groups is 5. The summed E-state index contributed by atoms with van der Waals surface area (Å²) >= 11 is 0. The zero-order chi connectivity index (χ0) is 33.2. The van der Waals surface area contributed by atoms with E-state index in [-0.39, 0.29) is 39.8 Å². The molecule has 0 spiro atoms. The minimum absolute atomic E-state index is 0.0140. The lowest BCUT2D eigenvalue weighted by atomic mass is 9.43. The van der Waals surface area contributed by atoms with Gasteiger partial charge in [0.1, 0.15) is 30.5 Å². The van der Waals surface area contributed by atoms with E-state index in [1.54, 1.807) is 11.1 Å². The van der Waals surface area contributed by atoms with Crippen LogP contribution in [0.4, 0.5) is 0 Å². The summed E-state index contributed by atoms with van der Waals surface area (Å²) in [5, 5.41) is 51.2. The molecule has 2 saturated carbocycles. The van der Waals surface area contributed by atoms with Crippen molar-refractivity contribution in [2.24, 2.45) is 33.5 Å². The van der Waals surface area contributed by atoms with E-state index in [1.165, 1.54) is 0 Å². The van der Waals surface area contributed by atoms with E-state index in [2.05, 4.69) is 34.6 Å². The van der Waals surface area contributed by atoms with E-state index in [9.17, 15) is 30.3 Å². The van der Waals surface area contributed by atoms with Crippen LogP contribution < -0.4 is 0 Å². The Labute approximate surface area is 269 Å². The maximum absolute atomic E-state index is 11.6. The zero-order valence-electron chi connectivity index (χ0n) is 28.6. The second-order valence-electron chi connectivity index (χ2n) is 17.0. The highest BCUT2D eigenvalue weighted by Gasteiger charge is 2.64. The zero-order valence-corrected chi connectivity index (χ0v) is 28.6. The predicted molar refractivity (Wildman–Crippen MR) is 169 cm³/mol. The highest BCUT2D eigenvalue weighted by Crippen LogP contribution is 2.72. The van der Waals surface area contributed by atoms with Gasteiger partial charge in [-0.1, -0.05) is 45.8 Å². The molecule has 6 unspecified atom stereocenters. The molecule has 0 aromatic heterocycles. The average Bonchev–Trinajstić information content (AvgIpc) is 3.24. The van der Waals surface area contributed by atoms with Crippen LogP contribution in [-0.2, 0) is 19.0 Å². The molecule has 1 saturated heterocycles. The lowest BCUT2D eigenvalue weighted by molar-refractivity contribution is -0.325. The van der Waals surface area contributed by atoms with Crippen molar-refractivity contribution in [3.05, 3.63) is 11.1 Å². The molecule has 258 valence electrons. The van der Waals surface area contributed by atoms with E-state index in [0.29, 0.717) is 18.8 Å². The van der Waals surface area contributed by atoms with Crippen LogP contribution in [0.5, 0.6) is 0 Å². The molecule has 0 aromatic rings. The quantitative estimate of drug-likeness (QED) is 0.174. The summed E-state index contributed by atoms with van der Waals surface area (Å²) in [6, 6.07) is 0. The van der Waals surface area contributed by atoms with Crippen molar-refractivity contribution >= 4 is 6.47 Å². The molecule has 4 aliphatic carbocycles. The van der Waals surface area contributed by atoms with Crippen molar-refractivity contribution in [2.75, 3.05) is 6.61 Å². The summed E-state index contributed by atoms with van der Waals surface area (Å²) in [6.45, 7) is 15.7. The van der Waals surface area contributed by atoms with E-state index in [4.69, 9.17) is 14.2 Å². The standard InChI is InChI=1S/C36H60O9/c1-32(2,42)15-8-9-24(43-20-38)23-13-18-35(6)22-10-11-26-33(3,4)27(14-16-34(26,5)21(22)12-17-36(23,35)7)45-31-30(41)29(40)28(39)25(19-37)44-31/h20,23-31,37,39-42H,8-19H2,1-7H3/t23-,24-,25?,26?,27+,28?,29?,30?,31?,34-,35+,36-/m1/s1. The van der Waals surface area contributed by atoms with Crippen LogP contribution in [0.2, 0.25) is 0 Å². The number of rotatable bonds is 10. The Morgan fingerprint density at radius 2 is 1.67 bits per heavy atom. The van der Waals surface area contributed by atoms with Gasteiger partial charge in [-0.3, -0.25) is 4.79 Å². The number of hydrogen-bond donors (Lipinski definition) is 5. The third-order valence-corrected chi connectivity index (χ3v) is 13.9. The highest BCUT2D eigenvalue weighted by molar-refractivity contribution is 5.40. The Kier molecular flexibility index (Phi) is 9.73. The lowest BCUT2D eigenvalue weighted by Gasteiger charge is -2.62. The van der Waals surface area contributed by atoms with Crippen molar-refractivity contribution in [1.29, 1.82) is 0 Å². The minimum Gasteiger partial charge on any atom is -0.464 e. The molecule has 0 amide bonds. The molecule has 5 N–H and O–H groups in total. The van der Waals surface area contributed by atoms with Gasteiger partial charge in [0, 0.05) is 5.92 Å². The molecule has 9 nitrogen and oxygen atoms in total. The Morgan fingerprint density at radius 1 is 0.956 bits per heavy atom. The molecular formula is C36H60O9. The first-order chi connectivity index (χ1) is 20.9. The number of aliphatic hydroxyl groups excluding tert-OH is 4. The molecule has 1 heterocycles. The Bertz CT molecular complexity index is 1110. The van der Waals surface area contributed by atoms with E-state index in [0.717, 1.165) is 64.2 Å². The van der Waals surface area contributed by atoms with Gasteiger partial charge in [-0.15, -0.1) is 0 Å². The molecule has 0 aromatic carbocycles. The van der Waals surface area contributed by atoms with Crippen molar-refractivity contribution in [3.8, 4) is 0 Å². The Morgan fingerprint density at radius 3 is 2.31 bits per heavy atom. The molecule has 0 radical (unpaired) electrons. The normalized spacial score (nSPS) is 45.3. The maximum atomic E-state index is 11.6. The number of carbonyl (C=O) groups is 1. The van der Waals surface area contributed by atoms with Crippen molar-refractivity contribution in [3.63, 3.8) is 0 Å². The summed E-state index contributed by atoms with van der Waals surface area (Å²) in [5.74, 6) is 0.638. The van der Waals surface area contributed by atoms with Crippen molar-refractivity contribution in [1.82, 2.24) is 0 Å². The summed E-state index contributed by atoms with van der Waals surface area (Å²) in [4.78, 5) is 11.6. The van der Waals surface area contributed by atoms with Crippen LogP contribution in [0.15, 0.2) is 11.1 Å². The average molecular weight is 637 g/mol. The molecule has 3 fully saturated rings. The van der Waals surface area contributed by atoms with Gasteiger partial charge in [-0.2, -0.15) is 0 Å². The van der Waals surface area contributed by atoms with Gasteiger partial charge in [0.2, 0.25) is 0 Å². The summed E-state index contributed by atoms with van der Waals surface area (Å²) in [6.07, 6.45) is 3.56. The smallest absolute Gasteiger partial charge is 0.293 e. The molecule has 5 rings (SSSR count). The van der Waals surface area contributed by atoms with Crippen molar-refractivity contribution in [2.45, 2.75) is 168 Å². The van der Waals surface area contributed by atoms with Gasteiger partial charge in [0.25, 0.3) is 6.47 Å². The SMILES string of the molecule is CC(C)(O)CCC[C@@H](OC=O)[C@H]1CC[C@@]2(C)C3=C(CC[C@]12C)[C@@]1(C)CC[C@H](OC2OC(CO)C(O)C(O)C2O)C(C)(C)C1CC3. The number of fused-ring (bicyclic) bond motifs is 4. The summed E-state index contributed by atoms with van der Waals surface area (Å²) in [7, 11) is 0. The van der Waals surface area contributed by atoms with Gasteiger partial charge in [0.15, 0.2) is 6.29 Å². The predicted octanol–water partition coefficient (Wildman–Crippen LogP) is 4.40. The first kappa shape index (κ1) is 35.2. The number of hydrogen-bond acceptors (Lipinski definition) is 9. The number of ether oxygens (including phenoxy) is 3.